The van der Waals surface area contributed by atoms with Crippen molar-refractivity contribution >= 4 is 23.2 Å². The maximum absolute atomic E-state index is 12.7. The van der Waals surface area contributed by atoms with E-state index in [1.54, 1.807) is 5.38 Å². The van der Waals surface area contributed by atoms with Crippen LogP contribution in [0, 0.1) is 0 Å². The van der Waals surface area contributed by atoms with E-state index in [-0.39, 0.29) is 24.4 Å². The number of thiazole rings is 1. The maximum atomic E-state index is 12.7. The van der Waals surface area contributed by atoms with Crippen LogP contribution >= 0.6 is 11.3 Å². The molecule has 5 nitrogen and oxygen atoms in total. The van der Waals surface area contributed by atoms with Crippen molar-refractivity contribution in [3.8, 4) is 10.6 Å². The van der Waals surface area contributed by atoms with Gasteiger partial charge < -0.3 is 10.2 Å². The largest absolute Gasteiger partial charge is 0.352 e. The Hall–Kier alpha value is -2.21. The lowest BCUT2D eigenvalue weighted by Crippen LogP contribution is -2.42. The van der Waals surface area contributed by atoms with Gasteiger partial charge >= 0.3 is 0 Å². The van der Waals surface area contributed by atoms with Crippen LogP contribution in [0.3, 0.4) is 0 Å². The molecular formula is C20H27N3O2S. The van der Waals surface area contributed by atoms with Gasteiger partial charge in [-0.25, -0.2) is 4.98 Å². The highest BCUT2D eigenvalue weighted by molar-refractivity contribution is 7.13. The van der Waals surface area contributed by atoms with Crippen molar-refractivity contribution in [2.45, 2.75) is 46.6 Å². The van der Waals surface area contributed by atoms with E-state index in [9.17, 15) is 9.59 Å². The fraction of sp³-hybridized carbons (Fsp3) is 0.450. The Balaban J connectivity index is 2.11. The lowest BCUT2D eigenvalue weighted by molar-refractivity contribution is -0.122. The molecule has 1 heterocycles. The zero-order valence-corrected chi connectivity index (χ0v) is 16.9. The molecule has 1 aromatic heterocycles. The summed E-state index contributed by atoms with van der Waals surface area (Å²) in [6.07, 6.45) is 0. The molecule has 0 fully saturated rings. The normalized spacial score (nSPS) is 11.0. The molecule has 0 aliphatic carbocycles. The molecular weight excluding hydrogens is 346 g/mol. The summed E-state index contributed by atoms with van der Waals surface area (Å²) in [6.45, 7) is 10.5. The molecule has 140 valence electrons. The molecule has 2 amide bonds. The summed E-state index contributed by atoms with van der Waals surface area (Å²) in [6, 6.07) is 8.32. The quantitative estimate of drug-likeness (QED) is 0.800. The predicted octanol–water partition coefficient (Wildman–Crippen LogP) is 3.92. The maximum Gasteiger partial charge on any atom is 0.273 e. The second-order valence-corrected chi connectivity index (χ2v) is 7.71. The summed E-state index contributed by atoms with van der Waals surface area (Å²) >= 11 is 1.44. The first-order valence-corrected chi connectivity index (χ1v) is 9.84. The highest BCUT2D eigenvalue weighted by Crippen LogP contribution is 2.26. The molecule has 0 saturated carbocycles. The van der Waals surface area contributed by atoms with Crippen LogP contribution in [0.1, 0.15) is 56.6 Å². The van der Waals surface area contributed by atoms with Crippen molar-refractivity contribution in [3.05, 3.63) is 40.9 Å². The fourth-order valence-electron chi connectivity index (χ4n) is 2.55. The van der Waals surface area contributed by atoms with Crippen LogP contribution in [-0.4, -0.2) is 40.8 Å². The van der Waals surface area contributed by atoms with Gasteiger partial charge in [-0.3, -0.25) is 9.59 Å². The van der Waals surface area contributed by atoms with E-state index in [2.05, 4.69) is 36.3 Å². The molecule has 0 unspecified atom stereocenters. The number of hydrogen-bond donors (Lipinski definition) is 1. The van der Waals surface area contributed by atoms with Gasteiger partial charge in [0.05, 0.1) is 6.54 Å². The molecule has 0 spiro atoms. The molecule has 0 bridgehead atoms. The monoisotopic (exact) mass is 373 g/mol. The van der Waals surface area contributed by atoms with Crippen molar-refractivity contribution in [1.29, 1.82) is 0 Å². The number of likely N-dealkylation sites (N-methyl/N-ethyl adjacent to an activating group) is 1. The van der Waals surface area contributed by atoms with Crippen LogP contribution in [0.5, 0.6) is 0 Å². The average molecular weight is 374 g/mol. The van der Waals surface area contributed by atoms with Crippen molar-refractivity contribution in [1.82, 2.24) is 15.2 Å². The number of nitrogens with one attached hydrogen (secondary N) is 1. The molecule has 0 saturated heterocycles. The zero-order valence-electron chi connectivity index (χ0n) is 16.1. The first kappa shape index (κ1) is 20.1. The van der Waals surface area contributed by atoms with Crippen LogP contribution in [0.25, 0.3) is 10.6 Å². The zero-order chi connectivity index (χ0) is 19.3. The summed E-state index contributed by atoms with van der Waals surface area (Å²) in [5.74, 6) is 0.107. The molecule has 1 N–H and O–H groups in total. The molecule has 26 heavy (non-hydrogen) atoms. The number of rotatable bonds is 7. The number of nitrogens with zero attached hydrogens (tertiary/aromatic N) is 2. The Bertz CT molecular complexity index is 751. The Labute approximate surface area is 159 Å². The van der Waals surface area contributed by atoms with E-state index in [0.29, 0.717) is 18.2 Å². The molecule has 0 aliphatic heterocycles. The third kappa shape index (κ3) is 5.14. The van der Waals surface area contributed by atoms with Crippen LogP contribution in [-0.2, 0) is 4.79 Å². The van der Waals surface area contributed by atoms with Gasteiger partial charge in [0.25, 0.3) is 5.91 Å². The predicted molar refractivity (Wildman–Crippen MR) is 106 cm³/mol. The Morgan fingerprint density at radius 3 is 2.35 bits per heavy atom. The third-order valence-electron chi connectivity index (χ3n) is 4.00. The van der Waals surface area contributed by atoms with Gasteiger partial charge in [0.15, 0.2) is 0 Å². The molecule has 6 heteroatoms. The molecule has 2 rings (SSSR count). The molecule has 0 radical (unpaired) electrons. The van der Waals surface area contributed by atoms with E-state index in [1.807, 2.05) is 32.9 Å². The van der Waals surface area contributed by atoms with Crippen LogP contribution in [0.15, 0.2) is 29.6 Å². The van der Waals surface area contributed by atoms with Gasteiger partial charge in [0.2, 0.25) is 5.91 Å². The number of carbonyl (C=O) groups excluding carboxylic acids is 2. The molecule has 1 aromatic carbocycles. The van der Waals surface area contributed by atoms with Crippen molar-refractivity contribution in [2.75, 3.05) is 13.1 Å². The van der Waals surface area contributed by atoms with Gasteiger partial charge in [-0.05, 0) is 32.3 Å². The van der Waals surface area contributed by atoms with Gasteiger partial charge in [0.1, 0.15) is 10.7 Å². The summed E-state index contributed by atoms with van der Waals surface area (Å²) in [5.41, 5.74) is 2.66. The van der Waals surface area contributed by atoms with E-state index in [4.69, 9.17) is 0 Å². The lowest BCUT2D eigenvalue weighted by Gasteiger charge is -2.20. The minimum absolute atomic E-state index is 0.0451. The first-order chi connectivity index (χ1) is 12.3. The fourth-order valence-corrected chi connectivity index (χ4v) is 3.35. The summed E-state index contributed by atoms with van der Waals surface area (Å²) in [5, 5.41) is 5.38. The smallest absolute Gasteiger partial charge is 0.273 e. The highest BCUT2D eigenvalue weighted by atomic mass is 32.1. The van der Waals surface area contributed by atoms with Crippen LogP contribution in [0.4, 0.5) is 0 Å². The number of aromatic nitrogens is 1. The minimum atomic E-state index is -0.215. The number of carbonyl (C=O) groups is 2. The highest BCUT2D eigenvalue weighted by Gasteiger charge is 2.20. The van der Waals surface area contributed by atoms with Gasteiger partial charge in [-0.1, -0.05) is 38.1 Å². The van der Waals surface area contributed by atoms with E-state index in [0.717, 1.165) is 10.6 Å². The Morgan fingerprint density at radius 2 is 1.81 bits per heavy atom. The number of benzene rings is 1. The van der Waals surface area contributed by atoms with Crippen molar-refractivity contribution in [2.24, 2.45) is 0 Å². The Kier molecular flexibility index (Phi) is 6.91. The SMILES string of the molecule is CCN(CC(=O)NC(C)C)C(=O)c1csc(-c2ccc(C(C)C)cc2)n1. The third-order valence-corrected chi connectivity index (χ3v) is 4.89. The first-order valence-electron chi connectivity index (χ1n) is 8.96. The standard InChI is InChI=1S/C20H27N3O2S/c1-6-23(11-18(24)21-14(4)5)20(25)17-12-26-19(22-17)16-9-7-15(8-10-16)13(2)3/h7-10,12-14H,6,11H2,1-5H3,(H,21,24). The topological polar surface area (TPSA) is 62.3 Å². The molecule has 0 atom stereocenters. The summed E-state index contributed by atoms with van der Waals surface area (Å²) < 4.78 is 0. The van der Waals surface area contributed by atoms with E-state index in [1.165, 1.54) is 21.8 Å². The minimum Gasteiger partial charge on any atom is -0.352 e. The van der Waals surface area contributed by atoms with Gasteiger partial charge in [-0.15, -0.1) is 11.3 Å². The van der Waals surface area contributed by atoms with Crippen molar-refractivity contribution in [3.63, 3.8) is 0 Å². The average Bonchev–Trinajstić information content (AvgIpc) is 3.08. The van der Waals surface area contributed by atoms with Gasteiger partial charge in [0, 0.05) is 23.5 Å². The summed E-state index contributed by atoms with van der Waals surface area (Å²) in [4.78, 5) is 30.6. The van der Waals surface area contributed by atoms with E-state index >= 15 is 0 Å². The summed E-state index contributed by atoms with van der Waals surface area (Å²) in [7, 11) is 0. The lowest BCUT2D eigenvalue weighted by atomic mass is 10.0. The van der Waals surface area contributed by atoms with Gasteiger partial charge in [-0.2, -0.15) is 0 Å². The Morgan fingerprint density at radius 1 is 1.15 bits per heavy atom. The number of amides is 2. The van der Waals surface area contributed by atoms with Crippen molar-refractivity contribution < 1.29 is 9.59 Å². The van der Waals surface area contributed by atoms with Crippen LogP contribution in [0.2, 0.25) is 0 Å². The van der Waals surface area contributed by atoms with Crippen LogP contribution < -0.4 is 5.32 Å². The molecule has 2 aromatic rings. The second-order valence-electron chi connectivity index (χ2n) is 6.86. The second kappa shape index (κ2) is 8.94. The van der Waals surface area contributed by atoms with E-state index < -0.39 is 0 Å². The molecule has 0 aliphatic rings. The number of hydrogen-bond acceptors (Lipinski definition) is 4.